The van der Waals surface area contributed by atoms with Crippen molar-refractivity contribution in [3.8, 4) is 23.3 Å². The molecule has 0 spiro atoms. The van der Waals surface area contributed by atoms with Gasteiger partial charge < -0.3 is 25.4 Å². The van der Waals surface area contributed by atoms with Gasteiger partial charge in [-0.05, 0) is 29.8 Å². The van der Waals surface area contributed by atoms with Gasteiger partial charge in [0.15, 0.2) is 11.5 Å². The number of primary amides is 1. The van der Waals surface area contributed by atoms with Crippen LogP contribution in [-0.2, 0) is 4.79 Å². The Labute approximate surface area is 150 Å². The molecule has 0 radical (unpaired) electrons. The van der Waals surface area contributed by atoms with E-state index >= 15 is 0 Å². The van der Waals surface area contributed by atoms with Gasteiger partial charge in [0.25, 0.3) is 0 Å². The molecule has 0 bridgehead atoms. The highest BCUT2D eigenvalue weighted by atomic mass is 16.5. The molecule has 1 heterocycles. The molecule has 0 saturated carbocycles. The molecule has 0 aliphatic rings. The maximum atomic E-state index is 11.7. The first-order chi connectivity index (χ1) is 12.5. The SMILES string of the molecule is COc1ccc(C(CC(N)=O)n2c(O)c3ccccc3c2O)cc1OC. The molecule has 0 aliphatic heterocycles. The Morgan fingerprint density at radius 1 is 1.04 bits per heavy atom. The summed E-state index contributed by atoms with van der Waals surface area (Å²) in [6, 6.07) is 11.3. The van der Waals surface area contributed by atoms with Crippen LogP contribution in [0.4, 0.5) is 0 Å². The molecule has 2 aromatic carbocycles. The first-order valence-corrected chi connectivity index (χ1v) is 7.99. The summed E-state index contributed by atoms with van der Waals surface area (Å²) < 4.78 is 11.8. The number of benzene rings is 2. The van der Waals surface area contributed by atoms with Crippen LogP contribution >= 0.6 is 0 Å². The highest BCUT2D eigenvalue weighted by Crippen LogP contribution is 2.42. The third-order valence-corrected chi connectivity index (χ3v) is 4.36. The van der Waals surface area contributed by atoms with Crippen molar-refractivity contribution in [1.82, 2.24) is 4.57 Å². The lowest BCUT2D eigenvalue weighted by molar-refractivity contribution is -0.118. The molecule has 7 heteroatoms. The molecule has 136 valence electrons. The number of hydrogen-bond donors (Lipinski definition) is 3. The van der Waals surface area contributed by atoms with Crippen LogP contribution in [0.2, 0.25) is 0 Å². The maximum absolute atomic E-state index is 11.7. The Morgan fingerprint density at radius 3 is 2.12 bits per heavy atom. The largest absolute Gasteiger partial charge is 0.494 e. The summed E-state index contributed by atoms with van der Waals surface area (Å²) in [5, 5.41) is 22.2. The van der Waals surface area contributed by atoms with E-state index in [-0.39, 0.29) is 18.2 Å². The van der Waals surface area contributed by atoms with Gasteiger partial charge in [-0.1, -0.05) is 18.2 Å². The number of nitrogens with zero attached hydrogens (tertiary/aromatic N) is 1. The molecule has 0 aliphatic carbocycles. The minimum atomic E-state index is -0.709. The summed E-state index contributed by atoms with van der Waals surface area (Å²) in [7, 11) is 3.03. The van der Waals surface area contributed by atoms with Gasteiger partial charge in [-0.2, -0.15) is 0 Å². The van der Waals surface area contributed by atoms with Crippen molar-refractivity contribution in [2.45, 2.75) is 12.5 Å². The molecule has 1 unspecified atom stereocenters. The fourth-order valence-corrected chi connectivity index (χ4v) is 3.14. The number of nitrogens with two attached hydrogens (primary N) is 1. The molecule has 26 heavy (non-hydrogen) atoms. The normalized spacial score (nSPS) is 12.1. The van der Waals surface area contributed by atoms with E-state index in [9.17, 15) is 15.0 Å². The summed E-state index contributed by atoms with van der Waals surface area (Å²) in [5.41, 5.74) is 6.05. The van der Waals surface area contributed by atoms with E-state index in [2.05, 4.69) is 0 Å². The number of hydrogen-bond acceptors (Lipinski definition) is 5. The number of ether oxygens (including phenoxy) is 2. The Kier molecular flexibility index (Phi) is 4.62. The summed E-state index contributed by atoms with van der Waals surface area (Å²) >= 11 is 0. The summed E-state index contributed by atoms with van der Waals surface area (Å²) in [6.45, 7) is 0. The lowest BCUT2D eigenvalue weighted by Crippen LogP contribution is -2.20. The molecule has 4 N–H and O–H groups in total. The number of rotatable bonds is 6. The van der Waals surface area contributed by atoms with Gasteiger partial charge in [0, 0.05) is 10.8 Å². The quantitative estimate of drug-likeness (QED) is 0.629. The number of fused-ring (bicyclic) bond motifs is 1. The number of carbonyl (C=O) groups is 1. The second-order valence-corrected chi connectivity index (χ2v) is 5.86. The van der Waals surface area contributed by atoms with Gasteiger partial charge in [-0.25, -0.2) is 0 Å². The molecule has 3 aromatic rings. The first kappa shape index (κ1) is 17.5. The third-order valence-electron chi connectivity index (χ3n) is 4.36. The average Bonchev–Trinajstić information content (AvgIpc) is 2.90. The molecule has 3 rings (SSSR count). The van der Waals surface area contributed by atoms with Crippen molar-refractivity contribution < 1.29 is 24.5 Å². The van der Waals surface area contributed by atoms with Gasteiger partial charge in [-0.15, -0.1) is 0 Å². The average molecular weight is 356 g/mol. The summed E-state index contributed by atoms with van der Waals surface area (Å²) in [5.74, 6) is 0.148. The highest BCUT2D eigenvalue weighted by molar-refractivity contribution is 5.93. The number of aromatic nitrogens is 1. The van der Waals surface area contributed by atoms with Crippen LogP contribution in [0.5, 0.6) is 23.3 Å². The zero-order valence-corrected chi connectivity index (χ0v) is 14.5. The standard InChI is InChI=1S/C19H20N2O5/c1-25-15-8-7-11(9-16(15)26-2)14(10-17(20)22)21-18(23)12-5-3-4-6-13(12)19(21)24/h3-9,14,23-24H,10H2,1-2H3,(H2,20,22). The Morgan fingerprint density at radius 2 is 1.62 bits per heavy atom. The van der Waals surface area contributed by atoms with Crippen LogP contribution in [0.15, 0.2) is 42.5 Å². The number of aromatic hydroxyl groups is 2. The van der Waals surface area contributed by atoms with E-state index in [1.54, 1.807) is 42.5 Å². The van der Waals surface area contributed by atoms with Crippen LogP contribution in [0.25, 0.3) is 10.8 Å². The molecule has 1 amide bonds. The Hall–Kier alpha value is -3.35. The van der Waals surface area contributed by atoms with E-state index in [0.717, 1.165) is 0 Å². The van der Waals surface area contributed by atoms with E-state index < -0.39 is 11.9 Å². The van der Waals surface area contributed by atoms with Crippen LogP contribution in [0, 0.1) is 0 Å². The Balaban J connectivity index is 2.21. The monoisotopic (exact) mass is 356 g/mol. The predicted molar refractivity (Wildman–Crippen MR) is 96.8 cm³/mol. The second-order valence-electron chi connectivity index (χ2n) is 5.86. The minimum Gasteiger partial charge on any atom is -0.494 e. The maximum Gasteiger partial charge on any atom is 0.219 e. The van der Waals surface area contributed by atoms with Crippen molar-refractivity contribution in [3.63, 3.8) is 0 Å². The third kappa shape index (κ3) is 2.88. The molecule has 0 saturated heterocycles. The van der Waals surface area contributed by atoms with Gasteiger partial charge in [0.05, 0.1) is 26.7 Å². The summed E-state index contributed by atoms with van der Waals surface area (Å²) in [6.07, 6.45) is -0.114. The zero-order valence-electron chi connectivity index (χ0n) is 14.5. The second kappa shape index (κ2) is 6.87. The van der Waals surface area contributed by atoms with Crippen molar-refractivity contribution in [1.29, 1.82) is 0 Å². The topological polar surface area (TPSA) is 107 Å². The molecular formula is C19H20N2O5. The van der Waals surface area contributed by atoms with E-state index in [0.29, 0.717) is 27.8 Å². The molecular weight excluding hydrogens is 336 g/mol. The van der Waals surface area contributed by atoms with Crippen LogP contribution < -0.4 is 15.2 Å². The number of amides is 1. The molecule has 1 atom stereocenters. The van der Waals surface area contributed by atoms with E-state index in [1.807, 2.05) is 0 Å². The van der Waals surface area contributed by atoms with Crippen LogP contribution in [0.1, 0.15) is 18.0 Å². The fourth-order valence-electron chi connectivity index (χ4n) is 3.14. The highest BCUT2D eigenvalue weighted by Gasteiger charge is 2.26. The van der Waals surface area contributed by atoms with Gasteiger partial charge in [0.1, 0.15) is 0 Å². The molecule has 1 aromatic heterocycles. The van der Waals surface area contributed by atoms with Crippen molar-refractivity contribution in [3.05, 3.63) is 48.0 Å². The first-order valence-electron chi connectivity index (χ1n) is 7.99. The van der Waals surface area contributed by atoms with Crippen molar-refractivity contribution in [2.75, 3.05) is 14.2 Å². The van der Waals surface area contributed by atoms with Gasteiger partial charge in [-0.3, -0.25) is 9.36 Å². The minimum absolute atomic E-state index is 0.114. The van der Waals surface area contributed by atoms with Crippen LogP contribution in [-0.4, -0.2) is 34.9 Å². The molecule has 7 nitrogen and oxygen atoms in total. The number of methoxy groups -OCH3 is 2. The Bertz CT molecular complexity index is 925. The summed E-state index contributed by atoms with van der Waals surface area (Å²) in [4.78, 5) is 11.7. The van der Waals surface area contributed by atoms with Crippen molar-refractivity contribution in [2.24, 2.45) is 5.73 Å². The van der Waals surface area contributed by atoms with E-state index in [1.165, 1.54) is 18.8 Å². The van der Waals surface area contributed by atoms with Crippen molar-refractivity contribution >= 4 is 16.7 Å². The predicted octanol–water partition coefficient (Wildman–Crippen LogP) is 2.53. The van der Waals surface area contributed by atoms with Gasteiger partial charge in [0.2, 0.25) is 17.7 Å². The smallest absolute Gasteiger partial charge is 0.219 e. The fraction of sp³-hybridized carbons (Fsp3) is 0.211. The van der Waals surface area contributed by atoms with Crippen LogP contribution in [0.3, 0.4) is 0 Å². The van der Waals surface area contributed by atoms with E-state index in [4.69, 9.17) is 15.2 Å². The lowest BCUT2D eigenvalue weighted by Gasteiger charge is -2.21. The lowest BCUT2D eigenvalue weighted by atomic mass is 10.0. The number of carbonyl (C=O) groups excluding carboxylic acids is 1. The van der Waals surface area contributed by atoms with Gasteiger partial charge >= 0.3 is 0 Å². The zero-order chi connectivity index (χ0) is 18.8. The molecule has 0 fully saturated rings.